The first kappa shape index (κ1) is 25.9. The van der Waals surface area contributed by atoms with Crippen LogP contribution in [0.1, 0.15) is 112 Å². The van der Waals surface area contributed by atoms with Crippen LogP contribution in [0.15, 0.2) is 0 Å². The number of hydrogen-bond donors (Lipinski definition) is 0. The smallest absolute Gasteiger partial charge is 0.191 e. The van der Waals surface area contributed by atoms with Crippen LogP contribution in [0.4, 0.5) is 0 Å². The molecule has 4 aliphatic rings. The Balaban J connectivity index is 1.36. The second kappa shape index (κ2) is 9.06. The summed E-state index contributed by atoms with van der Waals surface area (Å²) in [5.41, 5.74) is 0.998. The number of carbonyl (C=O) groups is 1. The number of fused-ring (bicyclic) bond motifs is 5. The molecular formula is C30H54O2Si. The molecule has 4 unspecified atom stereocenters. The Bertz CT molecular complexity index is 723. The average molecular weight is 475 g/mol. The van der Waals surface area contributed by atoms with Gasteiger partial charge >= 0.3 is 0 Å². The number of ketones is 1. The Morgan fingerprint density at radius 1 is 1.00 bits per heavy atom. The molecule has 0 aromatic rings. The fourth-order valence-corrected chi connectivity index (χ4v) is 10.3. The van der Waals surface area contributed by atoms with Gasteiger partial charge in [0, 0.05) is 19.4 Å². The number of rotatable bonds is 6. The molecule has 0 bridgehead atoms. The Kier molecular flexibility index (Phi) is 7.11. The van der Waals surface area contributed by atoms with Gasteiger partial charge < -0.3 is 4.43 Å². The van der Waals surface area contributed by atoms with Gasteiger partial charge in [-0.1, -0.05) is 41.5 Å². The highest BCUT2D eigenvalue weighted by molar-refractivity contribution is 6.74. The SMILES string of the molecule is C[C@H](CCCO[Si](C)(C)C(C)(C)C)[C@H]1CC[C@H]2C3CCC4CC(=O)CCC4(C)[C@H]3CCC12C. The summed E-state index contributed by atoms with van der Waals surface area (Å²) in [6.45, 7) is 20.6. The van der Waals surface area contributed by atoms with Crippen LogP contribution < -0.4 is 0 Å². The van der Waals surface area contributed by atoms with E-state index in [2.05, 4.69) is 54.6 Å². The predicted octanol–water partition coefficient (Wildman–Crippen LogP) is 8.65. The second-order valence-electron chi connectivity index (χ2n) is 14.9. The summed E-state index contributed by atoms with van der Waals surface area (Å²) in [4.78, 5) is 12.2. The van der Waals surface area contributed by atoms with Crippen molar-refractivity contribution in [2.75, 3.05) is 6.61 Å². The van der Waals surface area contributed by atoms with E-state index < -0.39 is 8.32 Å². The first-order valence-corrected chi connectivity index (χ1v) is 17.4. The van der Waals surface area contributed by atoms with E-state index >= 15 is 0 Å². The largest absolute Gasteiger partial charge is 0.417 e. The summed E-state index contributed by atoms with van der Waals surface area (Å²) < 4.78 is 6.49. The van der Waals surface area contributed by atoms with Crippen molar-refractivity contribution in [3.8, 4) is 0 Å². The highest BCUT2D eigenvalue weighted by atomic mass is 28.4. The molecule has 0 aliphatic heterocycles. The van der Waals surface area contributed by atoms with Gasteiger partial charge in [0.2, 0.25) is 0 Å². The molecule has 0 radical (unpaired) electrons. The monoisotopic (exact) mass is 474 g/mol. The summed E-state index contributed by atoms with van der Waals surface area (Å²) in [5.74, 6) is 5.69. The van der Waals surface area contributed by atoms with Crippen molar-refractivity contribution < 1.29 is 9.22 Å². The van der Waals surface area contributed by atoms with Crippen molar-refractivity contribution in [3.63, 3.8) is 0 Å². The van der Waals surface area contributed by atoms with Crippen LogP contribution in [0.3, 0.4) is 0 Å². The lowest BCUT2D eigenvalue weighted by molar-refractivity contribution is -0.140. The third-order valence-electron chi connectivity index (χ3n) is 12.3. The molecule has 3 heteroatoms. The van der Waals surface area contributed by atoms with Gasteiger partial charge in [0.1, 0.15) is 5.78 Å². The fourth-order valence-electron chi connectivity index (χ4n) is 9.17. The van der Waals surface area contributed by atoms with Crippen LogP contribution in [-0.4, -0.2) is 20.7 Å². The van der Waals surface area contributed by atoms with Crippen LogP contribution in [0, 0.1) is 46.3 Å². The van der Waals surface area contributed by atoms with Crippen LogP contribution in [0.5, 0.6) is 0 Å². The molecule has 190 valence electrons. The molecule has 0 spiro atoms. The normalized spacial score (nSPS) is 42.4. The van der Waals surface area contributed by atoms with Crippen molar-refractivity contribution >= 4 is 14.1 Å². The van der Waals surface area contributed by atoms with E-state index in [9.17, 15) is 4.79 Å². The maximum atomic E-state index is 12.2. The zero-order chi connectivity index (χ0) is 24.2. The molecule has 0 aromatic carbocycles. The third kappa shape index (κ3) is 4.56. The summed E-state index contributed by atoms with van der Waals surface area (Å²) in [6.07, 6.45) is 14.0. The van der Waals surface area contributed by atoms with E-state index in [1.165, 1.54) is 57.8 Å². The van der Waals surface area contributed by atoms with Crippen molar-refractivity contribution in [1.82, 2.24) is 0 Å². The standard InChI is InChI=1S/C30H54O2Si/c1-21(10-9-19-32-33(7,8)28(2,3)4)25-13-14-26-24-12-11-22-20-23(31)15-17-29(22,5)27(24)16-18-30(25,26)6/h21-22,24-27H,9-20H2,1-8H3/t21-,22?,24?,25-,26+,27+,29?,30?/m1/s1. The Hall–Kier alpha value is -0.153. The molecule has 4 aliphatic carbocycles. The van der Waals surface area contributed by atoms with Crippen molar-refractivity contribution in [2.24, 2.45) is 46.3 Å². The Morgan fingerprint density at radius 2 is 1.70 bits per heavy atom. The minimum absolute atomic E-state index is 0.310. The number of hydrogen-bond acceptors (Lipinski definition) is 2. The maximum Gasteiger partial charge on any atom is 0.191 e. The van der Waals surface area contributed by atoms with Crippen molar-refractivity contribution in [2.45, 2.75) is 130 Å². The molecule has 0 amide bonds. The first-order valence-electron chi connectivity index (χ1n) is 14.5. The molecule has 33 heavy (non-hydrogen) atoms. The quantitative estimate of drug-likeness (QED) is 0.284. The Labute approximate surface area is 206 Å². The van der Waals surface area contributed by atoms with E-state index in [1.807, 2.05) is 0 Å². The lowest BCUT2D eigenvalue weighted by atomic mass is 9.44. The lowest BCUT2D eigenvalue weighted by Gasteiger charge is -2.60. The highest BCUT2D eigenvalue weighted by Gasteiger charge is 2.60. The summed E-state index contributed by atoms with van der Waals surface area (Å²) in [7, 11) is -1.62. The van der Waals surface area contributed by atoms with Gasteiger partial charge in [-0.3, -0.25) is 4.79 Å². The maximum absolute atomic E-state index is 12.2. The Morgan fingerprint density at radius 3 is 2.39 bits per heavy atom. The van der Waals surface area contributed by atoms with Gasteiger partial charge in [0.25, 0.3) is 0 Å². The molecule has 2 nitrogen and oxygen atoms in total. The summed E-state index contributed by atoms with van der Waals surface area (Å²) >= 11 is 0. The molecule has 0 aromatic heterocycles. The topological polar surface area (TPSA) is 26.3 Å². The molecule has 0 heterocycles. The predicted molar refractivity (Wildman–Crippen MR) is 142 cm³/mol. The number of Topliss-reactive ketones (excluding diaryl/α,β-unsaturated/α-hetero) is 1. The first-order chi connectivity index (χ1) is 15.3. The summed E-state index contributed by atoms with van der Waals surface area (Å²) in [6, 6.07) is 0. The van der Waals surface area contributed by atoms with E-state index in [-0.39, 0.29) is 0 Å². The van der Waals surface area contributed by atoms with E-state index in [4.69, 9.17) is 4.43 Å². The molecule has 4 rings (SSSR count). The van der Waals surface area contributed by atoms with Gasteiger partial charge in [-0.2, -0.15) is 0 Å². The van der Waals surface area contributed by atoms with Gasteiger partial charge in [0.05, 0.1) is 0 Å². The zero-order valence-electron chi connectivity index (χ0n) is 23.3. The van der Waals surface area contributed by atoms with Gasteiger partial charge in [-0.25, -0.2) is 0 Å². The molecule has 0 saturated heterocycles. The van der Waals surface area contributed by atoms with Gasteiger partial charge in [-0.05, 0) is 122 Å². The van der Waals surface area contributed by atoms with Crippen molar-refractivity contribution in [1.29, 1.82) is 0 Å². The van der Waals surface area contributed by atoms with Crippen LogP contribution in [-0.2, 0) is 9.22 Å². The van der Waals surface area contributed by atoms with Crippen LogP contribution in [0.25, 0.3) is 0 Å². The molecule has 8 atom stereocenters. The van der Waals surface area contributed by atoms with Gasteiger partial charge in [0.15, 0.2) is 8.32 Å². The lowest BCUT2D eigenvalue weighted by Crippen LogP contribution is -2.53. The molecule has 0 N–H and O–H groups in total. The van der Waals surface area contributed by atoms with E-state index in [0.717, 1.165) is 49.0 Å². The van der Waals surface area contributed by atoms with Crippen LogP contribution >= 0.6 is 0 Å². The van der Waals surface area contributed by atoms with Crippen LogP contribution in [0.2, 0.25) is 18.1 Å². The fraction of sp³-hybridized carbons (Fsp3) is 0.967. The van der Waals surface area contributed by atoms with Gasteiger partial charge in [-0.15, -0.1) is 0 Å². The third-order valence-corrected chi connectivity index (χ3v) is 16.9. The van der Waals surface area contributed by atoms with Crippen molar-refractivity contribution in [3.05, 3.63) is 0 Å². The second-order valence-corrected chi connectivity index (χ2v) is 19.7. The zero-order valence-corrected chi connectivity index (χ0v) is 24.3. The number of carbonyl (C=O) groups excluding carboxylic acids is 1. The molecule has 4 fully saturated rings. The average Bonchev–Trinajstić information content (AvgIpc) is 3.08. The minimum Gasteiger partial charge on any atom is -0.417 e. The highest BCUT2D eigenvalue weighted by Crippen LogP contribution is 2.68. The van der Waals surface area contributed by atoms with E-state index in [1.54, 1.807) is 0 Å². The summed E-state index contributed by atoms with van der Waals surface area (Å²) in [5, 5.41) is 0.310. The minimum atomic E-state index is -1.62. The van der Waals surface area contributed by atoms with E-state index in [0.29, 0.717) is 27.6 Å². The molecule has 4 saturated carbocycles. The molecular weight excluding hydrogens is 420 g/mol.